The molecule has 1 aliphatic heterocycles. The van der Waals surface area contributed by atoms with Crippen molar-refractivity contribution in [1.82, 2.24) is 4.90 Å². The van der Waals surface area contributed by atoms with Crippen molar-refractivity contribution in [2.24, 2.45) is 11.1 Å². The van der Waals surface area contributed by atoms with Crippen molar-refractivity contribution in [2.75, 3.05) is 27.4 Å². The lowest BCUT2D eigenvalue weighted by Gasteiger charge is -2.44. The molecule has 2 aliphatic rings. The van der Waals surface area contributed by atoms with Gasteiger partial charge in [-0.25, -0.2) is 0 Å². The third-order valence-electron chi connectivity index (χ3n) is 6.91. The summed E-state index contributed by atoms with van der Waals surface area (Å²) in [7, 11) is 3.17. The molecule has 38 heavy (non-hydrogen) atoms. The minimum Gasteiger partial charge on any atom is -0.493 e. The first-order valence-corrected chi connectivity index (χ1v) is 13.4. The molecule has 0 saturated heterocycles. The summed E-state index contributed by atoms with van der Waals surface area (Å²) < 4.78 is 17.7. The van der Waals surface area contributed by atoms with E-state index in [-0.39, 0.29) is 11.2 Å². The van der Waals surface area contributed by atoms with E-state index in [0.717, 1.165) is 11.3 Å². The standard InChI is InChI=1S/C29H31BrClN3O4/c1-29(2)13-22-27(23(35)14-29)26(20(15-32)28(33)34(22)9-10-36-3)19-11-24(37-4)25(12-21(19)30)38-16-17-5-7-18(31)8-6-17/h5-8,11-12,26H,9-10,13-14,16,33H2,1-4H3/t26-/m0/s1. The molecule has 0 fully saturated rings. The van der Waals surface area contributed by atoms with Gasteiger partial charge in [0.05, 0.1) is 31.3 Å². The average Bonchev–Trinajstić information content (AvgIpc) is 2.87. The molecule has 9 heteroatoms. The van der Waals surface area contributed by atoms with E-state index in [1.54, 1.807) is 14.2 Å². The molecule has 0 aromatic heterocycles. The maximum Gasteiger partial charge on any atom is 0.162 e. The highest BCUT2D eigenvalue weighted by Gasteiger charge is 2.44. The number of nitrogens with zero attached hydrogens (tertiary/aromatic N) is 2. The van der Waals surface area contributed by atoms with Gasteiger partial charge >= 0.3 is 0 Å². The molecule has 0 bridgehead atoms. The number of rotatable bonds is 8. The number of carbonyl (C=O) groups excluding carboxylic acids is 1. The van der Waals surface area contributed by atoms with Gasteiger partial charge in [0.1, 0.15) is 12.4 Å². The van der Waals surface area contributed by atoms with Gasteiger partial charge < -0.3 is 24.8 Å². The number of ether oxygens (including phenoxy) is 3. The van der Waals surface area contributed by atoms with Gasteiger partial charge in [-0.05, 0) is 47.2 Å². The van der Waals surface area contributed by atoms with Crippen LogP contribution in [0.25, 0.3) is 0 Å². The van der Waals surface area contributed by atoms with Crippen LogP contribution in [0, 0.1) is 16.7 Å². The van der Waals surface area contributed by atoms with Crippen molar-refractivity contribution in [1.29, 1.82) is 5.26 Å². The summed E-state index contributed by atoms with van der Waals surface area (Å²) in [6, 6.07) is 13.3. The predicted octanol–water partition coefficient (Wildman–Crippen LogP) is 6.07. The summed E-state index contributed by atoms with van der Waals surface area (Å²) in [5.74, 6) is 0.730. The molecular formula is C29H31BrClN3O4. The molecule has 1 atom stereocenters. The molecule has 1 aliphatic carbocycles. The highest BCUT2D eigenvalue weighted by atomic mass is 79.9. The fraction of sp³-hybridized carbons (Fsp3) is 0.379. The Bertz CT molecular complexity index is 1340. The summed E-state index contributed by atoms with van der Waals surface area (Å²) in [4.78, 5) is 15.5. The van der Waals surface area contributed by atoms with E-state index < -0.39 is 5.92 Å². The topological polar surface area (TPSA) is 97.8 Å². The Morgan fingerprint density at radius 1 is 1.18 bits per heavy atom. The Labute approximate surface area is 236 Å². The lowest BCUT2D eigenvalue weighted by atomic mass is 9.68. The fourth-order valence-electron chi connectivity index (χ4n) is 5.11. The number of Topliss-reactive ketones (excluding diaryl/α,β-unsaturated/α-hetero) is 1. The third kappa shape index (κ3) is 5.56. The summed E-state index contributed by atoms with van der Waals surface area (Å²) >= 11 is 9.67. The van der Waals surface area contributed by atoms with Crippen molar-refractivity contribution in [3.63, 3.8) is 0 Å². The molecule has 2 aromatic carbocycles. The molecule has 1 heterocycles. The zero-order valence-corrected chi connectivity index (χ0v) is 24.3. The quantitative estimate of drug-likeness (QED) is 0.393. The van der Waals surface area contributed by atoms with Crippen molar-refractivity contribution < 1.29 is 19.0 Å². The first-order chi connectivity index (χ1) is 18.1. The molecule has 0 radical (unpaired) electrons. The van der Waals surface area contributed by atoms with Gasteiger partial charge in [0, 0.05) is 40.8 Å². The maximum absolute atomic E-state index is 13.7. The minimum absolute atomic E-state index is 0.0119. The second-order valence-electron chi connectivity index (χ2n) is 10.2. The van der Waals surface area contributed by atoms with Crippen LogP contribution in [0.15, 0.2) is 63.5 Å². The minimum atomic E-state index is -0.633. The Morgan fingerprint density at radius 2 is 1.89 bits per heavy atom. The Hall–Kier alpha value is -2.99. The molecule has 0 unspecified atom stereocenters. The van der Waals surface area contributed by atoms with Crippen LogP contribution in [0.2, 0.25) is 5.02 Å². The zero-order valence-electron chi connectivity index (χ0n) is 21.9. The molecular weight excluding hydrogens is 570 g/mol. The van der Waals surface area contributed by atoms with Gasteiger partial charge in [-0.2, -0.15) is 5.26 Å². The molecule has 0 spiro atoms. The summed E-state index contributed by atoms with van der Waals surface area (Å²) in [5, 5.41) is 10.9. The number of methoxy groups -OCH3 is 2. The molecule has 0 amide bonds. The zero-order chi connectivity index (χ0) is 27.6. The van der Waals surface area contributed by atoms with Gasteiger partial charge in [-0.3, -0.25) is 4.79 Å². The number of hydrogen-bond donors (Lipinski definition) is 1. The van der Waals surface area contributed by atoms with Gasteiger partial charge in [-0.1, -0.05) is 53.5 Å². The lowest BCUT2D eigenvalue weighted by molar-refractivity contribution is -0.118. The van der Waals surface area contributed by atoms with Crippen LogP contribution in [0.1, 0.15) is 43.7 Å². The lowest BCUT2D eigenvalue weighted by Crippen LogP contribution is -2.43. The number of nitrogens with two attached hydrogens (primary N) is 1. The largest absolute Gasteiger partial charge is 0.493 e. The normalized spacial score (nSPS) is 18.8. The van der Waals surface area contributed by atoms with Crippen molar-refractivity contribution in [3.05, 3.63) is 79.7 Å². The second kappa shape index (κ2) is 11.4. The van der Waals surface area contributed by atoms with Crippen LogP contribution < -0.4 is 15.2 Å². The second-order valence-corrected chi connectivity index (χ2v) is 11.5. The smallest absolute Gasteiger partial charge is 0.162 e. The summed E-state index contributed by atoms with van der Waals surface area (Å²) in [5.41, 5.74) is 9.82. The van der Waals surface area contributed by atoms with E-state index >= 15 is 0 Å². The molecule has 7 nitrogen and oxygen atoms in total. The summed E-state index contributed by atoms with van der Waals surface area (Å²) in [6.07, 6.45) is 1.04. The van der Waals surface area contributed by atoms with E-state index in [9.17, 15) is 10.1 Å². The third-order valence-corrected chi connectivity index (χ3v) is 7.85. The SMILES string of the molecule is COCCN1C(N)=C(C#N)[C@H](c2cc(OC)c(OCc3ccc(Cl)cc3)cc2Br)C2=C1CC(C)(C)CC2=O. The van der Waals surface area contributed by atoms with Crippen molar-refractivity contribution >= 4 is 33.3 Å². The van der Waals surface area contributed by atoms with E-state index in [4.69, 9.17) is 31.5 Å². The van der Waals surface area contributed by atoms with Crippen LogP contribution in [0.5, 0.6) is 11.5 Å². The van der Waals surface area contributed by atoms with Gasteiger partial charge in [0.15, 0.2) is 17.3 Å². The number of allylic oxidation sites excluding steroid dienone is 3. The number of halogens is 2. The van der Waals surface area contributed by atoms with E-state index in [0.29, 0.717) is 76.1 Å². The number of benzene rings is 2. The van der Waals surface area contributed by atoms with E-state index in [1.807, 2.05) is 41.3 Å². The van der Waals surface area contributed by atoms with E-state index in [1.165, 1.54) is 0 Å². The van der Waals surface area contributed by atoms with Crippen LogP contribution in [-0.2, 0) is 16.1 Å². The highest BCUT2D eigenvalue weighted by molar-refractivity contribution is 9.10. The Kier molecular flexibility index (Phi) is 8.41. The van der Waals surface area contributed by atoms with Crippen molar-refractivity contribution in [2.45, 2.75) is 39.2 Å². The molecule has 2 N–H and O–H groups in total. The van der Waals surface area contributed by atoms with Gasteiger partial charge in [-0.15, -0.1) is 0 Å². The van der Waals surface area contributed by atoms with Gasteiger partial charge in [0.2, 0.25) is 0 Å². The number of ketones is 1. The highest BCUT2D eigenvalue weighted by Crippen LogP contribution is 2.51. The van der Waals surface area contributed by atoms with Crippen LogP contribution in [-0.4, -0.2) is 38.1 Å². The predicted molar refractivity (Wildman–Crippen MR) is 150 cm³/mol. The van der Waals surface area contributed by atoms with Crippen LogP contribution >= 0.6 is 27.5 Å². The van der Waals surface area contributed by atoms with Crippen molar-refractivity contribution in [3.8, 4) is 17.6 Å². The van der Waals surface area contributed by atoms with E-state index in [2.05, 4.69) is 35.8 Å². The fourth-order valence-corrected chi connectivity index (χ4v) is 5.79. The average molecular weight is 601 g/mol. The molecule has 4 rings (SSSR count). The van der Waals surface area contributed by atoms with Crippen LogP contribution in [0.4, 0.5) is 0 Å². The molecule has 2 aromatic rings. The van der Waals surface area contributed by atoms with Gasteiger partial charge in [0.25, 0.3) is 0 Å². The first-order valence-electron chi connectivity index (χ1n) is 12.3. The number of carbonyl (C=O) groups is 1. The molecule has 0 saturated carbocycles. The monoisotopic (exact) mass is 599 g/mol. The Morgan fingerprint density at radius 3 is 2.53 bits per heavy atom. The Balaban J connectivity index is 1.80. The maximum atomic E-state index is 13.7. The first kappa shape index (κ1) is 28.0. The molecule has 200 valence electrons. The summed E-state index contributed by atoms with van der Waals surface area (Å²) in [6.45, 7) is 5.32. The number of nitriles is 1. The van der Waals surface area contributed by atoms with Crippen LogP contribution in [0.3, 0.4) is 0 Å². The number of hydrogen-bond acceptors (Lipinski definition) is 7.